The van der Waals surface area contributed by atoms with Gasteiger partial charge in [0, 0.05) is 29.8 Å². The molecule has 6 nitrogen and oxygen atoms in total. The minimum atomic E-state index is -3.81. The van der Waals surface area contributed by atoms with Gasteiger partial charge in [0.1, 0.15) is 11.3 Å². The molecule has 0 aromatic carbocycles. The van der Waals surface area contributed by atoms with Crippen molar-refractivity contribution in [1.82, 2.24) is 4.98 Å². The number of anilines is 1. The Bertz CT molecular complexity index is 681. The van der Waals surface area contributed by atoms with Crippen LogP contribution in [0.1, 0.15) is 17.5 Å². The lowest BCUT2D eigenvalue weighted by Gasteiger charge is -2.17. The third kappa shape index (κ3) is 2.55. The van der Waals surface area contributed by atoms with Crippen molar-refractivity contribution in [2.75, 3.05) is 11.4 Å². The Labute approximate surface area is 115 Å². The molecule has 0 spiro atoms. The van der Waals surface area contributed by atoms with Crippen LogP contribution in [-0.4, -0.2) is 31.1 Å². The van der Waals surface area contributed by atoms with Crippen molar-refractivity contribution in [2.45, 2.75) is 18.6 Å². The Morgan fingerprint density at radius 3 is 2.79 bits per heavy atom. The van der Waals surface area contributed by atoms with Gasteiger partial charge in [-0.05, 0) is 18.6 Å². The first kappa shape index (κ1) is 13.8. The highest BCUT2D eigenvalue weighted by Crippen LogP contribution is 2.28. The van der Waals surface area contributed by atoms with Crippen LogP contribution in [0.3, 0.4) is 0 Å². The Kier molecular flexibility index (Phi) is 3.47. The molecule has 0 radical (unpaired) electrons. The molecule has 100 valence electrons. The number of carbonyl (C=O) groups excluding carboxylic acids is 1. The van der Waals surface area contributed by atoms with Crippen LogP contribution in [0.25, 0.3) is 0 Å². The van der Waals surface area contributed by atoms with Gasteiger partial charge < -0.3 is 0 Å². The molecule has 0 N–H and O–H groups in total. The smallest absolute Gasteiger partial charge is 0.237 e. The Balaban J connectivity index is 2.43. The molecule has 1 saturated heterocycles. The highest BCUT2D eigenvalue weighted by molar-refractivity contribution is 8.14. The minimum absolute atomic E-state index is 0.0736. The van der Waals surface area contributed by atoms with E-state index in [0.717, 1.165) is 0 Å². The van der Waals surface area contributed by atoms with Gasteiger partial charge in [0.15, 0.2) is 5.82 Å². The van der Waals surface area contributed by atoms with Crippen LogP contribution in [0.2, 0.25) is 0 Å². The molecular weight excluding hydrogens is 290 g/mol. The van der Waals surface area contributed by atoms with Gasteiger partial charge in [0.2, 0.25) is 15.0 Å². The normalized spacial score (nSPS) is 19.5. The van der Waals surface area contributed by atoms with Crippen LogP contribution >= 0.6 is 10.7 Å². The van der Waals surface area contributed by atoms with Gasteiger partial charge in [0.05, 0.1) is 5.56 Å². The van der Waals surface area contributed by atoms with Crippen LogP contribution in [0.15, 0.2) is 12.3 Å². The summed E-state index contributed by atoms with van der Waals surface area (Å²) in [4.78, 5) is 17.1. The SMILES string of the molecule is Cc1ccnc(N2CC(S(=O)(=O)Cl)CC2=O)c1C#N. The molecule has 19 heavy (non-hydrogen) atoms. The number of rotatable bonds is 2. The summed E-state index contributed by atoms with van der Waals surface area (Å²) in [5, 5.41) is 8.14. The average molecular weight is 300 g/mol. The number of halogens is 1. The first-order chi connectivity index (χ1) is 8.84. The summed E-state index contributed by atoms with van der Waals surface area (Å²) in [5.41, 5.74) is 0.945. The predicted octanol–water partition coefficient (Wildman–Crippen LogP) is 0.936. The number of hydrogen-bond donors (Lipinski definition) is 0. The summed E-state index contributed by atoms with van der Waals surface area (Å²) in [6.45, 7) is 1.65. The van der Waals surface area contributed by atoms with E-state index in [1.54, 1.807) is 13.0 Å². The molecule has 2 rings (SSSR count). The van der Waals surface area contributed by atoms with Crippen molar-refractivity contribution in [3.8, 4) is 6.07 Å². The zero-order valence-corrected chi connectivity index (χ0v) is 11.6. The number of nitrogens with zero attached hydrogens (tertiary/aromatic N) is 3. The number of amides is 1. The number of carbonyl (C=O) groups is 1. The van der Waals surface area contributed by atoms with Gasteiger partial charge in [-0.25, -0.2) is 13.4 Å². The van der Waals surface area contributed by atoms with E-state index in [0.29, 0.717) is 5.56 Å². The lowest BCUT2D eigenvalue weighted by Crippen LogP contribution is -2.28. The zero-order valence-electron chi connectivity index (χ0n) is 10.00. The molecule has 1 unspecified atom stereocenters. The quantitative estimate of drug-likeness (QED) is 0.758. The Morgan fingerprint density at radius 2 is 2.26 bits per heavy atom. The van der Waals surface area contributed by atoms with Gasteiger partial charge in [-0.3, -0.25) is 9.69 Å². The monoisotopic (exact) mass is 299 g/mol. The molecule has 0 bridgehead atoms. The third-order valence-electron chi connectivity index (χ3n) is 2.99. The molecule has 1 aromatic heterocycles. The second-order valence-electron chi connectivity index (χ2n) is 4.24. The summed E-state index contributed by atoms with van der Waals surface area (Å²) < 4.78 is 22.6. The van der Waals surface area contributed by atoms with Crippen LogP contribution in [0, 0.1) is 18.3 Å². The van der Waals surface area contributed by atoms with E-state index in [2.05, 4.69) is 4.98 Å². The molecule has 0 aliphatic carbocycles. The number of aromatic nitrogens is 1. The summed E-state index contributed by atoms with van der Waals surface area (Å²) in [5.74, 6) is -0.209. The number of aryl methyl sites for hydroxylation is 1. The zero-order chi connectivity index (χ0) is 14.2. The summed E-state index contributed by atoms with van der Waals surface area (Å²) in [6, 6.07) is 3.63. The van der Waals surface area contributed by atoms with E-state index in [9.17, 15) is 13.2 Å². The molecule has 1 atom stereocenters. The molecular formula is C11H10ClN3O3S. The largest absolute Gasteiger partial charge is 0.294 e. The maximum atomic E-state index is 11.9. The number of pyridine rings is 1. The highest BCUT2D eigenvalue weighted by Gasteiger charge is 2.39. The average Bonchev–Trinajstić information content (AvgIpc) is 2.70. The van der Waals surface area contributed by atoms with E-state index in [-0.39, 0.29) is 24.3 Å². The van der Waals surface area contributed by atoms with E-state index in [4.69, 9.17) is 15.9 Å². The third-order valence-corrected chi connectivity index (χ3v) is 4.86. The number of nitriles is 1. The van der Waals surface area contributed by atoms with Gasteiger partial charge in [-0.15, -0.1) is 0 Å². The van der Waals surface area contributed by atoms with Crippen LogP contribution in [0.4, 0.5) is 5.82 Å². The molecule has 1 aliphatic heterocycles. The summed E-state index contributed by atoms with van der Waals surface area (Å²) >= 11 is 0. The summed E-state index contributed by atoms with van der Waals surface area (Å²) in [6.07, 6.45) is 1.29. The topological polar surface area (TPSA) is 91.1 Å². The molecule has 0 saturated carbocycles. The van der Waals surface area contributed by atoms with Crippen LogP contribution in [0.5, 0.6) is 0 Å². The first-order valence-electron chi connectivity index (χ1n) is 5.44. The lowest BCUT2D eigenvalue weighted by molar-refractivity contribution is -0.117. The van der Waals surface area contributed by atoms with Gasteiger partial charge >= 0.3 is 0 Å². The standard InChI is InChI=1S/C11H10ClN3O3S/c1-7-2-3-14-11(9(7)5-13)15-6-8(4-10(15)16)19(12,17)18/h2-3,8H,4,6H2,1H3. The second kappa shape index (κ2) is 4.79. The molecule has 1 aromatic rings. The first-order valence-corrected chi connectivity index (χ1v) is 7.81. The molecule has 1 aliphatic rings. The fourth-order valence-electron chi connectivity index (χ4n) is 1.95. The second-order valence-corrected chi connectivity index (χ2v) is 7.15. The molecule has 2 heterocycles. The minimum Gasteiger partial charge on any atom is -0.294 e. The number of hydrogen-bond acceptors (Lipinski definition) is 5. The predicted molar refractivity (Wildman–Crippen MR) is 69.2 cm³/mol. The van der Waals surface area contributed by atoms with E-state index in [1.807, 2.05) is 6.07 Å². The van der Waals surface area contributed by atoms with Crippen molar-refractivity contribution in [3.63, 3.8) is 0 Å². The molecule has 1 fully saturated rings. The Hall–Kier alpha value is -1.65. The van der Waals surface area contributed by atoms with Crippen LogP contribution in [-0.2, 0) is 13.8 Å². The van der Waals surface area contributed by atoms with Gasteiger partial charge in [-0.2, -0.15) is 5.26 Å². The van der Waals surface area contributed by atoms with Crippen molar-refractivity contribution in [2.24, 2.45) is 0 Å². The van der Waals surface area contributed by atoms with Gasteiger partial charge in [0.25, 0.3) is 0 Å². The van der Waals surface area contributed by atoms with Crippen molar-refractivity contribution in [3.05, 3.63) is 23.4 Å². The highest BCUT2D eigenvalue weighted by atomic mass is 35.7. The van der Waals surface area contributed by atoms with E-state index in [1.165, 1.54) is 11.1 Å². The maximum Gasteiger partial charge on any atom is 0.237 e. The van der Waals surface area contributed by atoms with E-state index < -0.39 is 20.2 Å². The van der Waals surface area contributed by atoms with Crippen molar-refractivity contribution >= 4 is 31.5 Å². The van der Waals surface area contributed by atoms with Crippen molar-refractivity contribution in [1.29, 1.82) is 5.26 Å². The van der Waals surface area contributed by atoms with Crippen molar-refractivity contribution < 1.29 is 13.2 Å². The van der Waals surface area contributed by atoms with Crippen LogP contribution < -0.4 is 4.90 Å². The fraction of sp³-hybridized carbons (Fsp3) is 0.364. The molecule has 8 heteroatoms. The fourth-order valence-corrected chi connectivity index (χ4v) is 2.98. The lowest BCUT2D eigenvalue weighted by atomic mass is 10.1. The summed E-state index contributed by atoms with van der Waals surface area (Å²) in [7, 11) is 1.46. The molecule has 1 amide bonds. The van der Waals surface area contributed by atoms with Gasteiger partial charge in [-0.1, -0.05) is 0 Å². The maximum absolute atomic E-state index is 11.9. The van der Waals surface area contributed by atoms with E-state index >= 15 is 0 Å². The Morgan fingerprint density at radius 1 is 1.58 bits per heavy atom.